The summed E-state index contributed by atoms with van der Waals surface area (Å²) in [6.45, 7) is 0.259. The maximum atomic E-state index is 9.63. The minimum absolute atomic E-state index is 0.259. The lowest BCUT2D eigenvalue weighted by Crippen LogP contribution is -1.99. The van der Waals surface area contributed by atoms with Gasteiger partial charge in [-0.3, -0.25) is 0 Å². The number of halogens is 4. The third kappa shape index (κ3) is 5.59. The van der Waals surface area contributed by atoms with Crippen molar-refractivity contribution in [1.82, 2.24) is 0 Å². The van der Waals surface area contributed by atoms with Crippen molar-refractivity contribution in [1.29, 1.82) is 5.26 Å². The summed E-state index contributed by atoms with van der Waals surface area (Å²) in [7, 11) is 1.57. The van der Waals surface area contributed by atoms with Crippen molar-refractivity contribution in [2.45, 2.75) is 6.61 Å². The first-order valence-electron chi connectivity index (χ1n) is 8.73. The van der Waals surface area contributed by atoms with Gasteiger partial charge in [0.05, 0.1) is 18.8 Å². The van der Waals surface area contributed by atoms with Crippen molar-refractivity contribution >= 4 is 66.7 Å². The van der Waals surface area contributed by atoms with Crippen LogP contribution in [0.25, 0.3) is 11.6 Å². The fraction of sp³-hybridized carbons (Fsp3) is 0.0870. The van der Waals surface area contributed by atoms with Gasteiger partial charge in [0.25, 0.3) is 0 Å². The van der Waals surface area contributed by atoms with E-state index in [1.165, 1.54) is 0 Å². The predicted molar refractivity (Wildman–Crippen MR) is 129 cm³/mol. The van der Waals surface area contributed by atoms with Crippen LogP contribution in [-0.4, -0.2) is 7.11 Å². The molecule has 0 aliphatic heterocycles. The number of methoxy groups -OCH3 is 1. The minimum Gasteiger partial charge on any atom is -0.493 e. The molecule has 0 aliphatic rings. The molecular weight excluding hydrogens is 553 g/mol. The van der Waals surface area contributed by atoms with Gasteiger partial charge in [-0.15, -0.1) is 0 Å². The lowest BCUT2D eigenvalue weighted by molar-refractivity contribution is 0.284. The molecular formula is C23H15Br2Cl2NO2. The molecule has 7 heteroatoms. The largest absolute Gasteiger partial charge is 0.493 e. The zero-order valence-corrected chi connectivity index (χ0v) is 20.4. The van der Waals surface area contributed by atoms with Crippen LogP contribution in [-0.2, 0) is 6.61 Å². The molecule has 30 heavy (non-hydrogen) atoms. The summed E-state index contributed by atoms with van der Waals surface area (Å²) in [6, 6.07) is 18.7. The van der Waals surface area contributed by atoms with E-state index >= 15 is 0 Å². The van der Waals surface area contributed by atoms with Crippen molar-refractivity contribution in [2.75, 3.05) is 7.11 Å². The fourth-order valence-electron chi connectivity index (χ4n) is 2.72. The molecule has 0 heterocycles. The highest BCUT2D eigenvalue weighted by Crippen LogP contribution is 2.36. The van der Waals surface area contributed by atoms with Crippen LogP contribution in [0.1, 0.15) is 16.7 Å². The average Bonchev–Trinajstić information content (AvgIpc) is 2.72. The predicted octanol–water partition coefficient (Wildman–Crippen LogP) is 8.17. The number of nitrogens with zero attached hydrogens (tertiary/aromatic N) is 1. The first kappa shape index (κ1) is 22.7. The number of benzene rings is 3. The van der Waals surface area contributed by atoms with Crippen molar-refractivity contribution in [3.8, 4) is 17.6 Å². The standard InChI is InChI=1S/C23H15Br2Cl2NO2/c1-29-22-9-16(7-17(12-28)14-3-2-4-18(24)8-14)20(25)11-23(22)30-13-15-5-6-19(26)10-21(15)27/h2-11H,13H2,1H3/b17-7+. The topological polar surface area (TPSA) is 42.2 Å². The van der Waals surface area contributed by atoms with Gasteiger partial charge in [0.1, 0.15) is 6.61 Å². The Balaban J connectivity index is 1.90. The van der Waals surface area contributed by atoms with Gasteiger partial charge in [0.15, 0.2) is 11.5 Å². The average molecular weight is 568 g/mol. The number of allylic oxidation sites excluding steroid dienone is 1. The van der Waals surface area contributed by atoms with Crippen LogP contribution in [0.15, 0.2) is 63.5 Å². The number of hydrogen-bond acceptors (Lipinski definition) is 3. The molecule has 3 aromatic rings. The molecule has 0 atom stereocenters. The van der Waals surface area contributed by atoms with E-state index in [1.807, 2.05) is 42.5 Å². The lowest BCUT2D eigenvalue weighted by Gasteiger charge is -2.14. The molecule has 0 saturated heterocycles. The van der Waals surface area contributed by atoms with Gasteiger partial charge in [-0.1, -0.05) is 73.3 Å². The zero-order chi connectivity index (χ0) is 21.7. The summed E-state index contributed by atoms with van der Waals surface area (Å²) in [5.74, 6) is 1.09. The zero-order valence-electron chi connectivity index (χ0n) is 15.8. The normalized spacial score (nSPS) is 11.1. The van der Waals surface area contributed by atoms with Crippen LogP contribution in [0.3, 0.4) is 0 Å². The summed E-state index contributed by atoms with van der Waals surface area (Å²) in [5.41, 5.74) is 2.95. The van der Waals surface area contributed by atoms with Gasteiger partial charge in [-0.2, -0.15) is 5.26 Å². The first-order valence-corrected chi connectivity index (χ1v) is 11.1. The summed E-state index contributed by atoms with van der Waals surface area (Å²) in [4.78, 5) is 0. The van der Waals surface area contributed by atoms with Crippen LogP contribution in [0.2, 0.25) is 10.0 Å². The molecule has 0 aromatic heterocycles. The molecule has 0 radical (unpaired) electrons. The number of ether oxygens (including phenoxy) is 2. The fourth-order valence-corrected chi connectivity index (χ4v) is 4.02. The van der Waals surface area contributed by atoms with Gasteiger partial charge in [-0.25, -0.2) is 0 Å². The van der Waals surface area contributed by atoms with Crippen molar-refractivity contribution in [2.24, 2.45) is 0 Å². The highest BCUT2D eigenvalue weighted by Gasteiger charge is 2.12. The Morgan fingerprint density at radius 3 is 2.53 bits per heavy atom. The highest BCUT2D eigenvalue weighted by atomic mass is 79.9. The van der Waals surface area contributed by atoms with Crippen LogP contribution >= 0.6 is 55.1 Å². The van der Waals surface area contributed by atoms with Crippen LogP contribution in [0.4, 0.5) is 0 Å². The van der Waals surface area contributed by atoms with Crippen molar-refractivity contribution < 1.29 is 9.47 Å². The highest BCUT2D eigenvalue weighted by molar-refractivity contribution is 9.10. The third-order valence-electron chi connectivity index (χ3n) is 4.24. The Kier molecular flexibility index (Phi) is 7.85. The molecule has 0 unspecified atom stereocenters. The molecule has 0 N–H and O–H groups in total. The Bertz CT molecular complexity index is 1160. The lowest BCUT2D eigenvalue weighted by atomic mass is 10.0. The summed E-state index contributed by atoms with van der Waals surface area (Å²) < 4.78 is 13.1. The molecule has 0 amide bonds. The maximum Gasteiger partial charge on any atom is 0.162 e. The van der Waals surface area contributed by atoms with E-state index in [9.17, 15) is 5.26 Å². The number of rotatable bonds is 6. The van der Waals surface area contributed by atoms with Gasteiger partial charge >= 0.3 is 0 Å². The van der Waals surface area contributed by atoms with E-state index in [2.05, 4.69) is 37.9 Å². The Labute approximate surface area is 202 Å². The Morgan fingerprint density at radius 2 is 1.87 bits per heavy atom. The molecule has 3 rings (SSSR count). The molecule has 0 aliphatic carbocycles. The molecule has 0 saturated carbocycles. The number of nitriles is 1. The van der Waals surface area contributed by atoms with Crippen molar-refractivity contribution in [3.05, 3.63) is 90.3 Å². The minimum atomic E-state index is 0.259. The Hall–Kier alpha value is -1.97. The molecule has 3 nitrogen and oxygen atoms in total. The SMILES string of the molecule is COc1cc(/C=C(\C#N)c2cccc(Br)c2)c(Br)cc1OCc1ccc(Cl)cc1Cl. The molecule has 0 spiro atoms. The van der Waals surface area contributed by atoms with Gasteiger partial charge < -0.3 is 9.47 Å². The van der Waals surface area contributed by atoms with Crippen LogP contribution in [0, 0.1) is 11.3 Å². The summed E-state index contributed by atoms with van der Waals surface area (Å²) >= 11 is 19.2. The van der Waals surface area contributed by atoms with E-state index in [0.29, 0.717) is 27.1 Å². The molecule has 0 fully saturated rings. The second kappa shape index (κ2) is 10.4. The van der Waals surface area contributed by atoms with E-state index < -0.39 is 0 Å². The van der Waals surface area contributed by atoms with Crippen LogP contribution in [0.5, 0.6) is 11.5 Å². The second-order valence-corrected chi connectivity index (χ2v) is 8.84. The third-order valence-corrected chi connectivity index (χ3v) is 6.00. The van der Waals surface area contributed by atoms with E-state index in [-0.39, 0.29) is 6.61 Å². The Morgan fingerprint density at radius 1 is 1.07 bits per heavy atom. The molecule has 152 valence electrons. The van der Waals surface area contributed by atoms with Crippen molar-refractivity contribution in [3.63, 3.8) is 0 Å². The van der Waals surface area contributed by atoms with E-state index in [1.54, 1.807) is 25.3 Å². The van der Waals surface area contributed by atoms with Gasteiger partial charge in [0, 0.05) is 24.6 Å². The number of hydrogen-bond donors (Lipinski definition) is 0. The van der Waals surface area contributed by atoms with E-state index in [4.69, 9.17) is 32.7 Å². The summed E-state index contributed by atoms with van der Waals surface area (Å²) in [6.07, 6.45) is 1.80. The smallest absolute Gasteiger partial charge is 0.162 e. The second-order valence-electron chi connectivity index (χ2n) is 6.23. The maximum absolute atomic E-state index is 9.63. The van der Waals surface area contributed by atoms with E-state index in [0.717, 1.165) is 25.6 Å². The monoisotopic (exact) mass is 565 g/mol. The van der Waals surface area contributed by atoms with Crippen LogP contribution < -0.4 is 9.47 Å². The summed E-state index contributed by atoms with van der Waals surface area (Å²) in [5, 5.41) is 10.7. The van der Waals surface area contributed by atoms with Gasteiger partial charge in [0.2, 0.25) is 0 Å². The molecule has 3 aromatic carbocycles. The quantitative estimate of drug-likeness (QED) is 0.223. The molecule has 0 bridgehead atoms. The first-order chi connectivity index (χ1) is 14.4. The van der Waals surface area contributed by atoms with Gasteiger partial charge in [-0.05, 0) is 53.6 Å².